The molecule has 202 valence electrons. The average molecular weight is 554 g/mol. The van der Waals surface area contributed by atoms with E-state index in [4.69, 9.17) is 26.1 Å². The summed E-state index contributed by atoms with van der Waals surface area (Å²) in [5.41, 5.74) is 3.67. The van der Waals surface area contributed by atoms with Crippen LogP contribution in [0.5, 0.6) is 17.4 Å². The molecule has 0 fully saturated rings. The van der Waals surface area contributed by atoms with Gasteiger partial charge in [0.2, 0.25) is 5.88 Å². The topological polar surface area (TPSA) is 89.9 Å². The minimum Gasteiger partial charge on any atom is -0.497 e. The van der Waals surface area contributed by atoms with E-state index in [2.05, 4.69) is 24.1 Å². The van der Waals surface area contributed by atoms with Crippen LogP contribution in [0.1, 0.15) is 52.1 Å². The number of methoxy groups -OCH3 is 1. The zero-order chi connectivity index (χ0) is 28.3. The number of pyridine rings is 1. The van der Waals surface area contributed by atoms with Gasteiger partial charge in [0, 0.05) is 28.0 Å². The molecule has 0 unspecified atom stereocenters. The van der Waals surface area contributed by atoms with Gasteiger partial charge >= 0.3 is 0 Å². The Morgan fingerprint density at radius 2 is 1.75 bits per heavy atom. The quantitative estimate of drug-likeness (QED) is 0.233. The van der Waals surface area contributed by atoms with Crippen LogP contribution in [0.3, 0.4) is 0 Å². The highest BCUT2D eigenvalue weighted by molar-refractivity contribution is 6.30. The second-order valence-electron chi connectivity index (χ2n) is 10.1. The standard InChI is InChI=1S/C32H28ClN3O4/c1-32(2)19-21-9-12-25(39-3)17-27(21)28(36-32)18-29(37)20-6-4-7-23(16-20)35-30(38)26-8-5-15-34-31(26)40-24-13-10-22(33)11-14-24/h4-17H,18-19H2,1-3H3,(H,35,38). The van der Waals surface area contributed by atoms with E-state index in [9.17, 15) is 9.59 Å². The number of aromatic nitrogens is 1. The Kier molecular flexibility index (Phi) is 7.67. The molecule has 1 aromatic heterocycles. The van der Waals surface area contributed by atoms with Gasteiger partial charge in [0.15, 0.2) is 5.78 Å². The molecule has 2 heterocycles. The Morgan fingerprint density at radius 1 is 0.975 bits per heavy atom. The zero-order valence-electron chi connectivity index (χ0n) is 22.4. The number of hydrogen-bond donors (Lipinski definition) is 1. The second-order valence-corrected chi connectivity index (χ2v) is 10.6. The number of carbonyl (C=O) groups is 2. The van der Waals surface area contributed by atoms with E-state index in [-0.39, 0.29) is 29.2 Å². The molecule has 0 spiro atoms. The van der Waals surface area contributed by atoms with E-state index in [1.54, 1.807) is 74.0 Å². The highest BCUT2D eigenvalue weighted by Crippen LogP contribution is 2.31. The highest BCUT2D eigenvalue weighted by atomic mass is 35.5. The Morgan fingerprint density at radius 3 is 2.52 bits per heavy atom. The maximum Gasteiger partial charge on any atom is 0.261 e. The van der Waals surface area contributed by atoms with Crippen molar-refractivity contribution in [1.29, 1.82) is 0 Å². The minimum atomic E-state index is -0.416. The summed E-state index contributed by atoms with van der Waals surface area (Å²) >= 11 is 5.95. The number of ether oxygens (including phenoxy) is 2. The van der Waals surface area contributed by atoms with Crippen molar-refractivity contribution < 1.29 is 19.1 Å². The Balaban J connectivity index is 1.34. The summed E-state index contributed by atoms with van der Waals surface area (Å²) in [7, 11) is 1.62. The van der Waals surface area contributed by atoms with E-state index >= 15 is 0 Å². The van der Waals surface area contributed by atoms with Crippen LogP contribution in [0.2, 0.25) is 5.02 Å². The number of ketones is 1. The molecule has 0 saturated heterocycles. The van der Waals surface area contributed by atoms with Gasteiger partial charge in [0.05, 0.1) is 24.8 Å². The van der Waals surface area contributed by atoms with Crippen molar-refractivity contribution in [3.63, 3.8) is 0 Å². The Hall–Kier alpha value is -4.49. The lowest BCUT2D eigenvalue weighted by Gasteiger charge is -2.29. The molecule has 0 bridgehead atoms. The summed E-state index contributed by atoms with van der Waals surface area (Å²) < 4.78 is 11.2. The average Bonchev–Trinajstić information content (AvgIpc) is 2.94. The van der Waals surface area contributed by atoms with Crippen LogP contribution in [-0.4, -0.2) is 35.0 Å². The molecule has 40 heavy (non-hydrogen) atoms. The van der Waals surface area contributed by atoms with Gasteiger partial charge < -0.3 is 14.8 Å². The maximum atomic E-state index is 13.4. The SMILES string of the molecule is COc1ccc2c(c1)C(CC(=O)c1cccc(NC(=O)c3cccnc3Oc3ccc(Cl)cc3)c1)=NC(C)(C)C2. The summed E-state index contributed by atoms with van der Waals surface area (Å²) in [6.07, 6.45) is 2.45. The van der Waals surface area contributed by atoms with E-state index < -0.39 is 5.91 Å². The summed E-state index contributed by atoms with van der Waals surface area (Å²) in [5, 5.41) is 3.43. The normalized spacial score (nSPS) is 13.6. The number of fused-ring (bicyclic) bond motifs is 1. The molecule has 0 radical (unpaired) electrons. The van der Waals surface area contributed by atoms with Crippen LogP contribution >= 0.6 is 11.6 Å². The number of nitrogens with one attached hydrogen (secondary N) is 1. The number of aliphatic imine (C=N–C) groups is 1. The number of rotatable bonds is 8. The first-order valence-corrected chi connectivity index (χ1v) is 13.2. The monoisotopic (exact) mass is 553 g/mol. The summed E-state index contributed by atoms with van der Waals surface area (Å²) in [4.78, 5) is 35.7. The Labute approximate surface area is 237 Å². The molecule has 1 N–H and O–H groups in total. The van der Waals surface area contributed by atoms with Gasteiger partial charge in [-0.05, 0) is 86.5 Å². The van der Waals surface area contributed by atoms with Crippen molar-refractivity contribution in [2.24, 2.45) is 4.99 Å². The predicted octanol–water partition coefficient (Wildman–Crippen LogP) is 7.19. The van der Waals surface area contributed by atoms with Crippen LogP contribution in [0.4, 0.5) is 5.69 Å². The summed E-state index contributed by atoms with van der Waals surface area (Å²) in [6.45, 7) is 4.12. The predicted molar refractivity (Wildman–Crippen MR) is 156 cm³/mol. The fourth-order valence-corrected chi connectivity index (χ4v) is 4.78. The molecule has 1 aliphatic heterocycles. The maximum absolute atomic E-state index is 13.4. The van der Waals surface area contributed by atoms with Crippen LogP contribution < -0.4 is 14.8 Å². The zero-order valence-corrected chi connectivity index (χ0v) is 23.2. The number of anilines is 1. The third-order valence-electron chi connectivity index (χ3n) is 6.50. The van der Waals surface area contributed by atoms with E-state index in [0.29, 0.717) is 22.0 Å². The van der Waals surface area contributed by atoms with Gasteiger partial charge in [0.25, 0.3) is 5.91 Å². The lowest BCUT2D eigenvalue weighted by atomic mass is 9.85. The van der Waals surface area contributed by atoms with Crippen molar-refractivity contribution in [1.82, 2.24) is 4.98 Å². The summed E-state index contributed by atoms with van der Waals surface area (Å²) in [6, 6.07) is 22.8. The molecule has 5 rings (SSSR count). The fourth-order valence-electron chi connectivity index (χ4n) is 4.65. The number of carbonyl (C=O) groups excluding carboxylic acids is 2. The van der Waals surface area contributed by atoms with E-state index in [1.807, 2.05) is 18.2 Å². The smallest absolute Gasteiger partial charge is 0.261 e. The molecule has 1 amide bonds. The number of benzene rings is 3. The van der Waals surface area contributed by atoms with Crippen molar-refractivity contribution in [3.05, 3.63) is 112 Å². The van der Waals surface area contributed by atoms with Gasteiger partial charge in [-0.25, -0.2) is 4.98 Å². The first-order valence-electron chi connectivity index (χ1n) is 12.8. The van der Waals surface area contributed by atoms with Gasteiger partial charge in [-0.2, -0.15) is 0 Å². The fraction of sp³-hybridized carbons (Fsp3) is 0.188. The van der Waals surface area contributed by atoms with E-state index in [1.165, 1.54) is 0 Å². The number of hydrogen-bond acceptors (Lipinski definition) is 6. The van der Waals surface area contributed by atoms with Crippen LogP contribution in [0, 0.1) is 0 Å². The Bertz CT molecular complexity index is 1610. The first kappa shape index (κ1) is 27.1. The number of nitrogens with zero attached hydrogens (tertiary/aromatic N) is 2. The molecule has 0 aliphatic carbocycles. The third kappa shape index (κ3) is 6.21. The van der Waals surface area contributed by atoms with E-state index in [0.717, 1.165) is 29.0 Å². The van der Waals surface area contributed by atoms with Crippen molar-refractivity contribution in [3.8, 4) is 17.4 Å². The molecule has 1 aliphatic rings. The number of amides is 1. The first-order chi connectivity index (χ1) is 19.2. The van der Waals surface area contributed by atoms with Gasteiger partial charge in [-0.15, -0.1) is 0 Å². The van der Waals surface area contributed by atoms with Crippen molar-refractivity contribution >= 4 is 34.7 Å². The van der Waals surface area contributed by atoms with Crippen LogP contribution in [0.25, 0.3) is 0 Å². The number of Topliss-reactive ketones (excluding diaryl/α,β-unsaturated/α-hetero) is 1. The second kappa shape index (κ2) is 11.3. The molecular formula is C32H28ClN3O4. The van der Waals surface area contributed by atoms with Crippen molar-refractivity contribution in [2.45, 2.75) is 32.2 Å². The largest absolute Gasteiger partial charge is 0.497 e. The van der Waals surface area contributed by atoms with Gasteiger partial charge in [0.1, 0.15) is 17.1 Å². The molecule has 0 saturated carbocycles. The molecule has 7 nitrogen and oxygen atoms in total. The molecule has 3 aromatic carbocycles. The molecule has 0 atom stereocenters. The van der Waals surface area contributed by atoms with Gasteiger partial charge in [-0.1, -0.05) is 29.8 Å². The molecule has 8 heteroatoms. The molecule has 4 aromatic rings. The number of halogens is 1. The third-order valence-corrected chi connectivity index (χ3v) is 6.75. The van der Waals surface area contributed by atoms with Gasteiger partial charge in [-0.3, -0.25) is 14.6 Å². The molecular weight excluding hydrogens is 526 g/mol. The summed E-state index contributed by atoms with van der Waals surface area (Å²) in [5.74, 6) is 0.855. The van der Waals surface area contributed by atoms with Crippen LogP contribution in [0.15, 0.2) is 90.1 Å². The van der Waals surface area contributed by atoms with Crippen LogP contribution in [-0.2, 0) is 6.42 Å². The van der Waals surface area contributed by atoms with Crippen molar-refractivity contribution in [2.75, 3.05) is 12.4 Å². The highest BCUT2D eigenvalue weighted by Gasteiger charge is 2.28. The lowest BCUT2D eigenvalue weighted by Crippen LogP contribution is -2.30. The lowest BCUT2D eigenvalue weighted by molar-refractivity contribution is 0.0995. The minimum absolute atomic E-state index is 0.102.